The second-order valence-electron chi connectivity index (χ2n) is 5.11. The Labute approximate surface area is 147 Å². The first-order valence-corrected chi connectivity index (χ1v) is 9.43. The van der Waals surface area contributed by atoms with Gasteiger partial charge in [-0.2, -0.15) is 0 Å². The minimum Gasteiger partial charge on any atom is -0.504 e. The Kier molecular flexibility index (Phi) is 4.71. The number of hydrogen-bond donors (Lipinski definition) is 3. The van der Waals surface area contributed by atoms with Gasteiger partial charge in [0.25, 0.3) is 0 Å². The number of phenols is 2. The predicted molar refractivity (Wildman–Crippen MR) is 91.3 cm³/mol. The molecule has 0 aliphatic heterocycles. The van der Waals surface area contributed by atoms with E-state index in [9.17, 15) is 23.0 Å². The van der Waals surface area contributed by atoms with Crippen LogP contribution in [0.25, 0.3) is 11.3 Å². The molecule has 0 atom stereocenters. The molecule has 0 radical (unpaired) electrons. The number of hydrogen-bond acceptors (Lipinski definition) is 6. The minimum absolute atomic E-state index is 0.0194. The first kappa shape index (κ1) is 17.3. The molecule has 0 aliphatic rings. The molecule has 0 aliphatic carbocycles. The highest BCUT2D eigenvalue weighted by atomic mass is 32.2. The van der Waals surface area contributed by atoms with Crippen LogP contribution in [0.1, 0.15) is 5.01 Å². The van der Waals surface area contributed by atoms with Gasteiger partial charge < -0.3 is 10.2 Å². The first-order valence-electron chi connectivity index (χ1n) is 7.07. The summed E-state index contributed by atoms with van der Waals surface area (Å²) in [6.45, 7) is -0.0194. The number of thiazole rings is 1. The summed E-state index contributed by atoms with van der Waals surface area (Å²) >= 11 is 1.25. The fourth-order valence-corrected chi connectivity index (χ4v) is 3.88. The molecule has 0 spiro atoms. The summed E-state index contributed by atoms with van der Waals surface area (Å²) in [4.78, 5) is 4.27. The van der Waals surface area contributed by atoms with Gasteiger partial charge >= 0.3 is 0 Å². The van der Waals surface area contributed by atoms with E-state index in [1.807, 2.05) is 0 Å². The Morgan fingerprint density at radius 2 is 1.80 bits per heavy atom. The molecule has 6 nitrogen and oxygen atoms in total. The van der Waals surface area contributed by atoms with Gasteiger partial charge in [0.2, 0.25) is 10.0 Å². The maximum Gasteiger partial charge on any atom is 0.240 e. The molecule has 9 heteroatoms. The van der Waals surface area contributed by atoms with Crippen molar-refractivity contribution >= 4 is 21.4 Å². The van der Waals surface area contributed by atoms with Gasteiger partial charge in [0.05, 0.1) is 17.1 Å². The van der Waals surface area contributed by atoms with Gasteiger partial charge in [-0.3, -0.25) is 0 Å². The molecule has 25 heavy (non-hydrogen) atoms. The van der Waals surface area contributed by atoms with Crippen molar-refractivity contribution in [2.45, 2.75) is 11.4 Å². The van der Waals surface area contributed by atoms with Gasteiger partial charge in [0, 0.05) is 10.9 Å². The van der Waals surface area contributed by atoms with E-state index in [1.165, 1.54) is 35.6 Å². The topological polar surface area (TPSA) is 99.5 Å². The van der Waals surface area contributed by atoms with Crippen molar-refractivity contribution in [1.29, 1.82) is 0 Å². The van der Waals surface area contributed by atoms with Crippen LogP contribution in [0.5, 0.6) is 11.5 Å². The molecule has 0 amide bonds. The summed E-state index contributed by atoms with van der Waals surface area (Å²) in [5.41, 5.74) is 1.15. The third-order valence-electron chi connectivity index (χ3n) is 3.36. The second kappa shape index (κ2) is 6.79. The maximum atomic E-state index is 12.9. The lowest BCUT2D eigenvalue weighted by atomic mass is 10.1. The average Bonchev–Trinajstić information content (AvgIpc) is 3.05. The SMILES string of the molecule is O=S(=O)(NCc1nc(-c2ccc(O)c(O)c2)cs1)c1ccc(F)cc1. The van der Waals surface area contributed by atoms with E-state index in [4.69, 9.17) is 0 Å². The average molecular weight is 380 g/mol. The minimum atomic E-state index is -3.77. The monoisotopic (exact) mass is 380 g/mol. The van der Waals surface area contributed by atoms with Gasteiger partial charge in [-0.05, 0) is 42.5 Å². The van der Waals surface area contributed by atoms with Crippen molar-refractivity contribution in [2.75, 3.05) is 0 Å². The molecule has 0 unspecified atom stereocenters. The van der Waals surface area contributed by atoms with Gasteiger partial charge in [-0.1, -0.05) is 0 Å². The predicted octanol–water partition coefficient (Wildman–Crippen LogP) is 2.84. The highest BCUT2D eigenvalue weighted by Gasteiger charge is 2.15. The van der Waals surface area contributed by atoms with Crippen molar-refractivity contribution in [3.63, 3.8) is 0 Å². The summed E-state index contributed by atoms with van der Waals surface area (Å²) in [5.74, 6) is -1.00. The van der Waals surface area contributed by atoms with Crippen LogP contribution in [-0.2, 0) is 16.6 Å². The third-order valence-corrected chi connectivity index (χ3v) is 5.63. The zero-order valence-corrected chi connectivity index (χ0v) is 14.3. The molecule has 2 aromatic carbocycles. The molecule has 1 aromatic heterocycles. The number of rotatable bonds is 5. The summed E-state index contributed by atoms with van der Waals surface area (Å²) < 4.78 is 39.6. The van der Waals surface area contributed by atoms with Crippen LogP contribution in [0.4, 0.5) is 4.39 Å². The molecule has 3 rings (SSSR count). The quantitative estimate of drug-likeness (QED) is 0.591. The highest BCUT2D eigenvalue weighted by molar-refractivity contribution is 7.89. The molecular formula is C16H13FN2O4S2. The number of aromatic nitrogens is 1. The van der Waals surface area contributed by atoms with E-state index < -0.39 is 15.8 Å². The molecule has 130 valence electrons. The van der Waals surface area contributed by atoms with Crippen LogP contribution in [0.2, 0.25) is 0 Å². The molecule has 0 saturated heterocycles. The number of aromatic hydroxyl groups is 2. The van der Waals surface area contributed by atoms with Crippen LogP contribution in [0.3, 0.4) is 0 Å². The number of halogens is 1. The smallest absolute Gasteiger partial charge is 0.240 e. The Morgan fingerprint density at radius 1 is 1.08 bits per heavy atom. The van der Waals surface area contributed by atoms with Crippen molar-refractivity contribution < 1.29 is 23.0 Å². The molecular weight excluding hydrogens is 367 g/mol. The lowest BCUT2D eigenvalue weighted by Crippen LogP contribution is -2.23. The third kappa shape index (κ3) is 3.95. The molecule has 1 heterocycles. The van der Waals surface area contributed by atoms with Crippen molar-refractivity contribution in [2.24, 2.45) is 0 Å². The lowest BCUT2D eigenvalue weighted by molar-refractivity contribution is 0.404. The Balaban J connectivity index is 1.73. The Hall–Kier alpha value is -2.49. The fraction of sp³-hybridized carbons (Fsp3) is 0.0625. The van der Waals surface area contributed by atoms with Crippen LogP contribution >= 0.6 is 11.3 Å². The molecule has 3 N–H and O–H groups in total. The number of nitrogens with one attached hydrogen (secondary N) is 1. The fourth-order valence-electron chi connectivity index (χ4n) is 2.06. The summed E-state index contributed by atoms with van der Waals surface area (Å²) in [7, 11) is -3.77. The maximum absolute atomic E-state index is 12.9. The Morgan fingerprint density at radius 3 is 2.48 bits per heavy atom. The number of benzene rings is 2. The number of phenolic OH excluding ortho intramolecular Hbond substituents is 2. The van der Waals surface area contributed by atoms with Crippen LogP contribution in [0.15, 0.2) is 52.7 Å². The van der Waals surface area contributed by atoms with E-state index in [1.54, 1.807) is 11.4 Å². The van der Waals surface area contributed by atoms with E-state index in [-0.39, 0.29) is 22.9 Å². The van der Waals surface area contributed by atoms with Crippen LogP contribution in [-0.4, -0.2) is 23.6 Å². The number of sulfonamides is 1. The summed E-state index contributed by atoms with van der Waals surface area (Å²) in [6, 6.07) is 8.84. The van der Waals surface area contributed by atoms with E-state index in [2.05, 4.69) is 9.71 Å². The zero-order valence-electron chi connectivity index (χ0n) is 12.7. The van der Waals surface area contributed by atoms with Crippen molar-refractivity contribution in [3.05, 3.63) is 58.7 Å². The van der Waals surface area contributed by atoms with E-state index in [0.717, 1.165) is 12.1 Å². The molecule has 0 saturated carbocycles. The standard InChI is InChI=1S/C16H13FN2O4S2/c17-11-2-4-12(5-3-11)25(22,23)18-8-16-19-13(9-24-16)10-1-6-14(20)15(21)7-10/h1-7,9,18,20-21H,8H2. The lowest BCUT2D eigenvalue weighted by Gasteiger charge is -2.05. The number of nitrogens with zero attached hydrogens (tertiary/aromatic N) is 1. The normalized spacial score (nSPS) is 11.6. The van der Waals surface area contributed by atoms with Gasteiger partial charge in [-0.15, -0.1) is 11.3 Å². The zero-order chi connectivity index (χ0) is 18.0. The summed E-state index contributed by atoms with van der Waals surface area (Å²) in [6.07, 6.45) is 0. The van der Waals surface area contributed by atoms with Gasteiger partial charge in [-0.25, -0.2) is 22.5 Å². The van der Waals surface area contributed by atoms with Crippen LogP contribution < -0.4 is 4.72 Å². The molecule has 0 bridgehead atoms. The van der Waals surface area contributed by atoms with E-state index >= 15 is 0 Å². The second-order valence-corrected chi connectivity index (χ2v) is 7.82. The molecule has 0 fully saturated rings. The first-order chi connectivity index (χ1) is 11.8. The van der Waals surface area contributed by atoms with Gasteiger partial charge in [0.1, 0.15) is 10.8 Å². The van der Waals surface area contributed by atoms with Crippen LogP contribution in [0, 0.1) is 5.82 Å². The largest absolute Gasteiger partial charge is 0.504 e. The highest BCUT2D eigenvalue weighted by Crippen LogP contribution is 2.31. The van der Waals surface area contributed by atoms with E-state index in [0.29, 0.717) is 16.3 Å². The molecule has 3 aromatic rings. The van der Waals surface area contributed by atoms with Crippen molar-refractivity contribution in [3.8, 4) is 22.8 Å². The van der Waals surface area contributed by atoms with Crippen molar-refractivity contribution in [1.82, 2.24) is 9.71 Å². The van der Waals surface area contributed by atoms with Gasteiger partial charge in [0.15, 0.2) is 11.5 Å². The Bertz CT molecular complexity index is 1000. The summed E-state index contributed by atoms with van der Waals surface area (Å²) in [5, 5.41) is 21.1.